The Morgan fingerprint density at radius 2 is 2.25 bits per heavy atom. The molecule has 3 N–H and O–H groups in total. The molecule has 2 atom stereocenters. The monoisotopic (exact) mass is 241 g/mol. The number of carboxylic acids is 1. The van der Waals surface area contributed by atoms with E-state index < -0.39 is 5.97 Å². The van der Waals surface area contributed by atoms with Crippen LogP contribution < -0.4 is 5.32 Å². The number of hydrogen-bond donors (Lipinski definition) is 3. The number of aromatic hydroxyl groups is 1. The Labute approximate surface area is 97.9 Å². The third kappa shape index (κ3) is 2.13. The molecule has 1 heterocycles. The molecule has 1 aliphatic heterocycles. The first-order valence-corrected chi connectivity index (χ1v) is 5.40. The summed E-state index contributed by atoms with van der Waals surface area (Å²) in [6, 6.07) is 4.60. The van der Waals surface area contributed by atoms with Gasteiger partial charge in [-0.05, 0) is 30.2 Å². The molecule has 1 aromatic rings. The SMILES string of the molecule is O=C(O)C1CNC(c2cc(O)ccc2Cl)C1. The van der Waals surface area contributed by atoms with Gasteiger partial charge in [0.2, 0.25) is 0 Å². The number of halogens is 1. The van der Waals surface area contributed by atoms with Gasteiger partial charge in [0.1, 0.15) is 5.75 Å². The van der Waals surface area contributed by atoms with Gasteiger partial charge >= 0.3 is 5.97 Å². The highest BCUT2D eigenvalue weighted by Gasteiger charge is 2.31. The van der Waals surface area contributed by atoms with E-state index in [9.17, 15) is 9.90 Å². The number of phenolic OH excluding ortho intramolecular Hbond substituents is 1. The van der Waals surface area contributed by atoms with Crippen molar-refractivity contribution in [3.8, 4) is 5.75 Å². The average Bonchev–Trinajstić information content (AvgIpc) is 2.70. The number of carboxylic acid groups (broad SMARTS) is 1. The van der Waals surface area contributed by atoms with Gasteiger partial charge in [-0.15, -0.1) is 0 Å². The molecule has 0 aliphatic carbocycles. The predicted molar refractivity (Wildman–Crippen MR) is 59.6 cm³/mol. The smallest absolute Gasteiger partial charge is 0.307 e. The molecular weight excluding hydrogens is 230 g/mol. The van der Waals surface area contributed by atoms with Gasteiger partial charge in [-0.25, -0.2) is 0 Å². The number of phenols is 1. The third-order valence-electron chi connectivity index (χ3n) is 2.84. The molecule has 2 unspecified atom stereocenters. The van der Waals surface area contributed by atoms with E-state index >= 15 is 0 Å². The quantitative estimate of drug-likeness (QED) is 0.738. The molecule has 5 heteroatoms. The van der Waals surface area contributed by atoms with Crippen LogP contribution in [0, 0.1) is 5.92 Å². The molecule has 1 aromatic carbocycles. The van der Waals surface area contributed by atoms with Gasteiger partial charge in [0.05, 0.1) is 5.92 Å². The van der Waals surface area contributed by atoms with E-state index in [1.54, 1.807) is 12.1 Å². The fourth-order valence-corrected chi connectivity index (χ4v) is 2.21. The van der Waals surface area contributed by atoms with Crippen LogP contribution in [0.1, 0.15) is 18.0 Å². The van der Waals surface area contributed by atoms with Gasteiger partial charge in [-0.3, -0.25) is 4.79 Å². The molecule has 0 aromatic heterocycles. The van der Waals surface area contributed by atoms with Crippen molar-refractivity contribution in [2.45, 2.75) is 12.5 Å². The van der Waals surface area contributed by atoms with Gasteiger partial charge < -0.3 is 15.5 Å². The minimum absolute atomic E-state index is 0.0966. The number of nitrogens with one attached hydrogen (secondary N) is 1. The Balaban J connectivity index is 2.20. The topological polar surface area (TPSA) is 69.6 Å². The van der Waals surface area contributed by atoms with Crippen LogP contribution in [0.25, 0.3) is 0 Å². The normalized spacial score (nSPS) is 24.6. The summed E-state index contributed by atoms with van der Waals surface area (Å²) < 4.78 is 0. The molecule has 4 nitrogen and oxygen atoms in total. The standard InChI is InChI=1S/C11H12ClNO3/c12-9-2-1-7(14)4-8(9)10-3-6(5-13-10)11(15)16/h1-2,4,6,10,13-14H,3,5H2,(H,15,16). The number of hydrogen-bond acceptors (Lipinski definition) is 3. The lowest BCUT2D eigenvalue weighted by molar-refractivity contribution is -0.141. The average molecular weight is 242 g/mol. The van der Waals surface area contributed by atoms with Crippen LogP contribution in [0.3, 0.4) is 0 Å². The lowest BCUT2D eigenvalue weighted by Crippen LogP contribution is -2.17. The Morgan fingerprint density at radius 3 is 2.88 bits per heavy atom. The van der Waals surface area contributed by atoms with Crippen LogP contribution in [-0.4, -0.2) is 22.7 Å². The molecule has 0 amide bonds. The maximum absolute atomic E-state index is 10.8. The van der Waals surface area contributed by atoms with E-state index in [2.05, 4.69) is 5.32 Å². The zero-order chi connectivity index (χ0) is 11.7. The zero-order valence-electron chi connectivity index (χ0n) is 8.48. The molecular formula is C11H12ClNO3. The molecule has 2 rings (SSSR count). The highest BCUT2D eigenvalue weighted by atomic mass is 35.5. The van der Waals surface area contributed by atoms with Crippen molar-refractivity contribution < 1.29 is 15.0 Å². The van der Waals surface area contributed by atoms with Crippen LogP contribution in [0.4, 0.5) is 0 Å². The first-order chi connectivity index (χ1) is 7.58. The van der Waals surface area contributed by atoms with Gasteiger partial charge in [-0.2, -0.15) is 0 Å². The van der Waals surface area contributed by atoms with Crippen molar-refractivity contribution in [3.05, 3.63) is 28.8 Å². The van der Waals surface area contributed by atoms with E-state index in [4.69, 9.17) is 16.7 Å². The Bertz CT molecular complexity index is 422. The Kier molecular flexibility index (Phi) is 3.03. The second kappa shape index (κ2) is 4.31. The minimum atomic E-state index is -0.800. The van der Waals surface area contributed by atoms with Crippen molar-refractivity contribution in [3.63, 3.8) is 0 Å². The van der Waals surface area contributed by atoms with Crippen LogP contribution in [0.2, 0.25) is 5.02 Å². The van der Waals surface area contributed by atoms with E-state index in [0.29, 0.717) is 18.0 Å². The molecule has 1 saturated heterocycles. The van der Waals surface area contributed by atoms with Crippen molar-refractivity contribution in [2.24, 2.45) is 5.92 Å². The van der Waals surface area contributed by atoms with Crippen LogP contribution in [0.5, 0.6) is 5.75 Å². The summed E-state index contributed by atoms with van der Waals surface area (Å²) in [5.74, 6) is -1.05. The second-order valence-corrected chi connectivity index (χ2v) is 4.34. The second-order valence-electron chi connectivity index (χ2n) is 3.94. The van der Waals surface area contributed by atoms with Crippen LogP contribution >= 0.6 is 11.6 Å². The summed E-state index contributed by atoms with van der Waals surface area (Å²) in [5, 5.41) is 21.9. The van der Waals surface area contributed by atoms with Crippen LogP contribution in [-0.2, 0) is 4.79 Å². The maximum Gasteiger partial charge on any atom is 0.307 e. The highest BCUT2D eigenvalue weighted by Crippen LogP contribution is 2.33. The Morgan fingerprint density at radius 1 is 1.50 bits per heavy atom. The van der Waals surface area contributed by atoms with Crippen molar-refractivity contribution in [2.75, 3.05) is 6.54 Å². The van der Waals surface area contributed by atoms with E-state index in [-0.39, 0.29) is 17.7 Å². The minimum Gasteiger partial charge on any atom is -0.508 e. The summed E-state index contributed by atoms with van der Waals surface area (Å²) in [6.45, 7) is 0.436. The summed E-state index contributed by atoms with van der Waals surface area (Å²) in [4.78, 5) is 10.8. The lowest BCUT2D eigenvalue weighted by atomic mass is 10.00. The number of carbonyl (C=O) groups is 1. The molecule has 1 aliphatic rings. The largest absolute Gasteiger partial charge is 0.508 e. The molecule has 16 heavy (non-hydrogen) atoms. The molecule has 0 bridgehead atoms. The van der Waals surface area contributed by atoms with Crippen molar-refractivity contribution >= 4 is 17.6 Å². The van der Waals surface area contributed by atoms with Crippen LogP contribution in [0.15, 0.2) is 18.2 Å². The first-order valence-electron chi connectivity index (χ1n) is 5.02. The zero-order valence-corrected chi connectivity index (χ0v) is 9.24. The summed E-state index contributed by atoms with van der Waals surface area (Å²) in [7, 11) is 0. The number of aliphatic carboxylic acids is 1. The first kappa shape index (κ1) is 11.2. The Hall–Kier alpha value is -1.26. The fourth-order valence-electron chi connectivity index (χ4n) is 1.96. The predicted octanol–water partition coefficient (Wildman–Crippen LogP) is 1.78. The summed E-state index contributed by atoms with van der Waals surface area (Å²) in [5.41, 5.74) is 0.755. The maximum atomic E-state index is 10.8. The van der Waals surface area contributed by atoms with E-state index in [1.165, 1.54) is 6.07 Å². The molecule has 86 valence electrons. The summed E-state index contributed by atoms with van der Waals surface area (Å²) in [6.07, 6.45) is 0.499. The third-order valence-corrected chi connectivity index (χ3v) is 3.18. The highest BCUT2D eigenvalue weighted by molar-refractivity contribution is 6.31. The van der Waals surface area contributed by atoms with E-state index in [0.717, 1.165) is 5.56 Å². The summed E-state index contributed by atoms with van der Waals surface area (Å²) >= 11 is 6.01. The van der Waals surface area contributed by atoms with Gasteiger partial charge in [-0.1, -0.05) is 11.6 Å². The molecule has 0 spiro atoms. The van der Waals surface area contributed by atoms with Gasteiger partial charge in [0, 0.05) is 17.6 Å². The van der Waals surface area contributed by atoms with Gasteiger partial charge in [0.25, 0.3) is 0 Å². The lowest BCUT2D eigenvalue weighted by Gasteiger charge is -2.12. The van der Waals surface area contributed by atoms with E-state index in [1.807, 2.05) is 0 Å². The molecule has 1 fully saturated rings. The van der Waals surface area contributed by atoms with Crippen molar-refractivity contribution in [1.82, 2.24) is 5.32 Å². The number of rotatable bonds is 2. The molecule has 0 saturated carbocycles. The number of benzene rings is 1. The van der Waals surface area contributed by atoms with Gasteiger partial charge in [0.15, 0.2) is 0 Å². The fraction of sp³-hybridized carbons (Fsp3) is 0.364. The van der Waals surface area contributed by atoms with Crippen molar-refractivity contribution in [1.29, 1.82) is 0 Å². The molecule has 0 radical (unpaired) electrons.